The van der Waals surface area contributed by atoms with Gasteiger partial charge in [-0.2, -0.15) is 5.10 Å². The van der Waals surface area contributed by atoms with Crippen molar-refractivity contribution < 1.29 is 0 Å². The van der Waals surface area contributed by atoms with Gasteiger partial charge in [0.05, 0.1) is 0 Å². The standard InChI is InChI=1S/C3H4N2.C2H6.CH4/c1-2-4-5-3-1;1-2;/h1-3H,(H,4,5);1-2H3;1H4. The Morgan fingerprint density at radius 1 is 1.38 bits per heavy atom. The Morgan fingerprint density at radius 3 is 2.12 bits per heavy atom. The van der Waals surface area contributed by atoms with Crippen LogP contribution in [-0.4, -0.2) is 10.2 Å². The van der Waals surface area contributed by atoms with E-state index in [4.69, 9.17) is 0 Å². The van der Waals surface area contributed by atoms with Crippen molar-refractivity contribution in [2.75, 3.05) is 0 Å². The lowest BCUT2D eigenvalue weighted by molar-refractivity contribution is 1.09. The van der Waals surface area contributed by atoms with Gasteiger partial charge in [-0.05, 0) is 6.07 Å². The van der Waals surface area contributed by atoms with E-state index in [-0.39, 0.29) is 7.43 Å². The first-order valence-corrected chi connectivity index (χ1v) is 2.44. The number of nitrogens with zero attached hydrogens (tertiary/aromatic N) is 1. The molecule has 0 saturated carbocycles. The number of hydrogen-bond donors (Lipinski definition) is 1. The van der Waals surface area contributed by atoms with E-state index in [0.717, 1.165) is 0 Å². The molecule has 1 heterocycles. The first kappa shape index (κ1) is 10.2. The summed E-state index contributed by atoms with van der Waals surface area (Å²) in [4.78, 5) is 0. The minimum absolute atomic E-state index is 0. The number of nitrogens with one attached hydrogen (secondary N) is 1. The number of H-pyrrole nitrogens is 1. The van der Waals surface area contributed by atoms with Gasteiger partial charge in [-0.25, -0.2) is 0 Å². The van der Waals surface area contributed by atoms with Crippen molar-refractivity contribution in [2.45, 2.75) is 21.3 Å². The molecule has 2 nitrogen and oxygen atoms in total. The topological polar surface area (TPSA) is 28.7 Å². The highest BCUT2D eigenvalue weighted by molar-refractivity contribution is 4.72. The summed E-state index contributed by atoms with van der Waals surface area (Å²) < 4.78 is 0. The van der Waals surface area contributed by atoms with Gasteiger partial charge >= 0.3 is 0 Å². The number of aromatic nitrogens is 2. The molecule has 1 rings (SSSR count). The number of hydrogen-bond acceptors (Lipinski definition) is 1. The lowest BCUT2D eigenvalue weighted by Crippen LogP contribution is -1.53. The molecule has 0 unspecified atom stereocenters. The van der Waals surface area contributed by atoms with E-state index in [1.807, 2.05) is 19.9 Å². The second kappa shape index (κ2) is 9.51. The van der Waals surface area contributed by atoms with Crippen molar-refractivity contribution in [3.8, 4) is 0 Å². The van der Waals surface area contributed by atoms with Gasteiger partial charge in [-0.1, -0.05) is 21.3 Å². The SMILES string of the molecule is C.CC.c1cn[nH]c1. The Morgan fingerprint density at radius 2 is 2.00 bits per heavy atom. The monoisotopic (exact) mass is 114 g/mol. The van der Waals surface area contributed by atoms with E-state index in [1.54, 1.807) is 12.4 Å². The third-order valence-corrected chi connectivity index (χ3v) is 0.406. The maximum atomic E-state index is 3.60. The minimum atomic E-state index is 0. The Labute approximate surface area is 50.9 Å². The molecule has 0 aromatic carbocycles. The van der Waals surface area contributed by atoms with Crippen LogP contribution in [0.1, 0.15) is 21.3 Å². The Kier molecular flexibility index (Phi) is 12.2. The van der Waals surface area contributed by atoms with Crippen LogP contribution in [0.15, 0.2) is 18.5 Å². The predicted octanol–water partition coefficient (Wildman–Crippen LogP) is 2.07. The molecule has 1 aromatic heterocycles. The average molecular weight is 114 g/mol. The molecular formula is C6H14N2. The fourth-order valence-electron chi connectivity index (χ4n) is 0.215. The smallest absolute Gasteiger partial charge is 0.0487 e. The lowest BCUT2D eigenvalue weighted by atomic mass is 10.8. The summed E-state index contributed by atoms with van der Waals surface area (Å²) in [6.45, 7) is 4.00. The molecule has 0 amide bonds. The van der Waals surface area contributed by atoms with Gasteiger partial charge in [-0.15, -0.1) is 0 Å². The molecule has 0 aliphatic heterocycles. The maximum absolute atomic E-state index is 3.60. The summed E-state index contributed by atoms with van der Waals surface area (Å²) >= 11 is 0. The highest BCUT2D eigenvalue weighted by Crippen LogP contribution is 1.64. The van der Waals surface area contributed by atoms with E-state index in [0.29, 0.717) is 0 Å². The van der Waals surface area contributed by atoms with Crippen LogP contribution < -0.4 is 0 Å². The van der Waals surface area contributed by atoms with Crippen molar-refractivity contribution in [3.05, 3.63) is 18.5 Å². The molecule has 0 fully saturated rings. The Balaban J connectivity index is 0. The number of rotatable bonds is 0. The second-order valence-electron chi connectivity index (χ2n) is 0.766. The highest BCUT2D eigenvalue weighted by atomic mass is 15.1. The molecule has 0 radical (unpaired) electrons. The van der Waals surface area contributed by atoms with Gasteiger partial charge in [0, 0.05) is 12.4 Å². The quantitative estimate of drug-likeness (QED) is 0.549. The molecule has 1 N–H and O–H groups in total. The van der Waals surface area contributed by atoms with Crippen molar-refractivity contribution in [2.24, 2.45) is 0 Å². The van der Waals surface area contributed by atoms with Gasteiger partial charge in [0.2, 0.25) is 0 Å². The fourth-order valence-corrected chi connectivity index (χ4v) is 0.215. The van der Waals surface area contributed by atoms with Gasteiger partial charge in [-0.3, -0.25) is 5.10 Å². The summed E-state index contributed by atoms with van der Waals surface area (Å²) in [6.07, 6.45) is 3.46. The van der Waals surface area contributed by atoms with Crippen LogP contribution in [0.3, 0.4) is 0 Å². The van der Waals surface area contributed by atoms with Crippen LogP contribution in [0.2, 0.25) is 0 Å². The van der Waals surface area contributed by atoms with E-state index in [1.165, 1.54) is 0 Å². The summed E-state index contributed by atoms with van der Waals surface area (Å²) in [5, 5.41) is 6.21. The van der Waals surface area contributed by atoms with Gasteiger partial charge in [0.1, 0.15) is 0 Å². The molecule has 0 aliphatic carbocycles. The molecule has 1 aromatic rings. The second-order valence-corrected chi connectivity index (χ2v) is 0.766. The third-order valence-electron chi connectivity index (χ3n) is 0.406. The first-order valence-electron chi connectivity index (χ1n) is 2.44. The van der Waals surface area contributed by atoms with Crippen LogP contribution in [0.4, 0.5) is 0 Å². The molecule has 0 bridgehead atoms. The third kappa shape index (κ3) is 5.21. The maximum Gasteiger partial charge on any atom is 0.0487 e. The zero-order valence-electron chi connectivity index (χ0n) is 4.68. The van der Waals surface area contributed by atoms with Crippen LogP contribution >= 0.6 is 0 Å². The first-order chi connectivity index (χ1) is 3.50. The van der Waals surface area contributed by atoms with Gasteiger partial charge in [0.15, 0.2) is 0 Å². The zero-order valence-corrected chi connectivity index (χ0v) is 4.68. The predicted molar refractivity (Wildman–Crippen MR) is 36.7 cm³/mol. The summed E-state index contributed by atoms with van der Waals surface area (Å²) in [5.74, 6) is 0. The van der Waals surface area contributed by atoms with Crippen LogP contribution in [-0.2, 0) is 0 Å². The van der Waals surface area contributed by atoms with Crippen LogP contribution in [0.25, 0.3) is 0 Å². The largest absolute Gasteiger partial charge is 0.286 e. The molecule has 0 aliphatic rings. The average Bonchev–Trinajstić information content (AvgIpc) is 2.23. The lowest BCUT2D eigenvalue weighted by Gasteiger charge is -1.49. The van der Waals surface area contributed by atoms with Crippen molar-refractivity contribution >= 4 is 0 Å². The highest BCUT2D eigenvalue weighted by Gasteiger charge is 1.56. The van der Waals surface area contributed by atoms with E-state index in [9.17, 15) is 0 Å². The number of aromatic amines is 1. The van der Waals surface area contributed by atoms with E-state index in [2.05, 4.69) is 10.2 Å². The summed E-state index contributed by atoms with van der Waals surface area (Å²) in [5.41, 5.74) is 0. The van der Waals surface area contributed by atoms with Crippen molar-refractivity contribution in [1.82, 2.24) is 10.2 Å². The van der Waals surface area contributed by atoms with Crippen LogP contribution in [0, 0.1) is 0 Å². The fraction of sp³-hybridized carbons (Fsp3) is 0.500. The van der Waals surface area contributed by atoms with Crippen molar-refractivity contribution in [1.29, 1.82) is 0 Å². The van der Waals surface area contributed by atoms with Crippen molar-refractivity contribution in [3.63, 3.8) is 0 Å². The molecule has 0 spiro atoms. The molecule has 0 atom stereocenters. The Hall–Kier alpha value is -0.790. The minimum Gasteiger partial charge on any atom is -0.286 e. The molecule has 0 saturated heterocycles. The Bertz CT molecular complexity index is 63.0. The van der Waals surface area contributed by atoms with E-state index < -0.39 is 0 Å². The van der Waals surface area contributed by atoms with Gasteiger partial charge in [0.25, 0.3) is 0 Å². The van der Waals surface area contributed by atoms with Gasteiger partial charge < -0.3 is 0 Å². The molecule has 8 heavy (non-hydrogen) atoms. The molecule has 48 valence electrons. The van der Waals surface area contributed by atoms with E-state index >= 15 is 0 Å². The summed E-state index contributed by atoms with van der Waals surface area (Å²) in [7, 11) is 0. The molecular weight excluding hydrogens is 100 g/mol. The zero-order chi connectivity index (χ0) is 5.54. The van der Waals surface area contributed by atoms with Crippen LogP contribution in [0.5, 0.6) is 0 Å². The molecule has 2 heteroatoms. The normalized spacial score (nSPS) is 5.75. The summed E-state index contributed by atoms with van der Waals surface area (Å²) in [6, 6.07) is 1.83.